The predicted molar refractivity (Wildman–Crippen MR) is 148 cm³/mol. The average molecular weight is 557 g/mol. The maximum atomic E-state index is 13.0. The number of rotatable bonds is 8. The molecule has 1 fully saturated rings. The summed E-state index contributed by atoms with van der Waals surface area (Å²) < 4.78 is 41.0. The maximum absolute atomic E-state index is 13.0. The van der Waals surface area contributed by atoms with Gasteiger partial charge in [-0.1, -0.05) is 53.6 Å². The number of likely N-dealkylation sites (N-methyl/N-ethyl adjacent to an activating group) is 1. The van der Waals surface area contributed by atoms with Crippen LogP contribution in [0.5, 0.6) is 11.5 Å². The van der Waals surface area contributed by atoms with Crippen LogP contribution in [-0.2, 0) is 21.4 Å². The molecule has 1 heterocycles. The van der Waals surface area contributed by atoms with Crippen LogP contribution in [0.1, 0.15) is 23.6 Å². The van der Waals surface area contributed by atoms with Gasteiger partial charge < -0.3 is 9.47 Å². The summed E-state index contributed by atoms with van der Waals surface area (Å²) in [7, 11) is -2.44. The minimum absolute atomic E-state index is 0.0734. The Balaban J connectivity index is 1.57. The Morgan fingerprint density at radius 1 is 1.05 bits per heavy atom. The molecule has 3 aromatic carbocycles. The third-order valence-corrected chi connectivity index (χ3v) is 8.32. The highest BCUT2D eigenvalue weighted by Gasteiger charge is 2.34. The average Bonchev–Trinajstić information content (AvgIpc) is 3.16. The second-order valence-corrected chi connectivity index (χ2v) is 11.1. The van der Waals surface area contributed by atoms with Crippen molar-refractivity contribution in [3.8, 4) is 11.5 Å². The van der Waals surface area contributed by atoms with Crippen molar-refractivity contribution >= 4 is 50.5 Å². The molecule has 0 N–H and O–H groups in total. The molecular formula is C27H25ClN2O5S2. The van der Waals surface area contributed by atoms with Gasteiger partial charge in [0.15, 0.2) is 16.7 Å². The Hall–Kier alpha value is -3.27. The smallest absolute Gasteiger partial charge is 0.284 e. The summed E-state index contributed by atoms with van der Waals surface area (Å²) in [6.07, 6.45) is 1.68. The van der Waals surface area contributed by atoms with Gasteiger partial charge in [0, 0.05) is 17.1 Å². The molecule has 10 heteroatoms. The Morgan fingerprint density at radius 2 is 1.78 bits per heavy atom. The van der Waals surface area contributed by atoms with Crippen LogP contribution in [0.15, 0.2) is 80.9 Å². The molecule has 0 spiro atoms. The zero-order chi connectivity index (χ0) is 26.6. The van der Waals surface area contributed by atoms with Gasteiger partial charge in [-0.25, -0.2) is 0 Å². The number of aryl methyl sites for hydroxylation is 1. The van der Waals surface area contributed by atoms with Crippen molar-refractivity contribution < 1.29 is 22.7 Å². The van der Waals surface area contributed by atoms with Gasteiger partial charge in [-0.05, 0) is 67.6 Å². The summed E-state index contributed by atoms with van der Waals surface area (Å²) >= 11 is 7.23. The monoisotopic (exact) mass is 556 g/mol. The Kier molecular flexibility index (Phi) is 8.26. The zero-order valence-electron chi connectivity index (χ0n) is 20.5. The van der Waals surface area contributed by atoms with E-state index in [-0.39, 0.29) is 29.1 Å². The van der Waals surface area contributed by atoms with E-state index in [0.29, 0.717) is 27.0 Å². The summed E-state index contributed by atoms with van der Waals surface area (Å²) in [6.45, 7) is 4.19. The van der Waals surface area contributed by atoms with Gasteiger partial charge in [-0.3, -0.25) is 9.69 Å². The van der Waals surface area contributed by atoms with Crippen LogP contribution in [0.25, 0.3) is 6.08 Å². The fraction of sp³-hybridized carbons (Fsp3) is 0.185. The number of nitrogens with zero attached hydrogens (tertiary/aromatic N) is 2. The van der Waals surface area contributed by atoms with E-state index in [1.165, 1.54) is 24.1 Å². The molecule has 0 atom stereocenters. The highest BCUT2D eigenvalue weighted by molar-refractivity contribution is 8.19. The third-order valence-electron chi connectivity index (χ3n) is 5.55. The van der Waals surface area contributed by atoms with Gasteiger partial charge in [0.2, 0.25) is 0 Å². The minimum Gasteiger partial charge on any atom is -0.493 e. The molecule has 1 aliphatic rings. The van der Waals surface area contributed by atoms with Crippen LogP contribution in [0.4, 0.5) is 0 Å². The van der Waals surface area contributed by atoms with E-state index in [4.69, 9.17) is 21.1 Å². The number of benzene rings is 3. The van der Waals surface area contributed by atoms with Gasteiger partial charge in [0.1, 0.15) is 6.61 Å². The summed E-state index contributed by atoms with van der Waals surface area (Å²) in [5, 5.41) is 0.730. The van der Waals surface area contributed by atoms with Crippen molar-refractivity contribution in [1.82, 2.24) is 4.90 Å². The lowest BCUT2D eigenvalue weighted by Crippen LogP contribution is -2.29. The number of carbonyl (C=O) groups excluding carboxylic acids is 1. The fourth-order valence-corrected chi connectivity index (χ4v) is 5.97. The molecule has 1 saturated heterocycles. The highest BCUT2D eigenvalue weighted by Crippen LogP contribution is 2.36. The van der Waals surface area contributed by atoms with Crippen molar-refractivity contribution in [2.24, 2.45) is 4.40 Å². The first-order valence-corrected chi connectivity index (χ1v) is 14.0. The number of hydrogen-bond donors (Lipinski definition) is 0. The molecule has 0 unspecified atom stereocenters. The van der Waals surface area contributed by atoms with Gasteiger partial charge >= 0.3 is 0 Å². The number of ether oxygens (including phenoxy) is 2. The van der Waals surface area contributed by atoms with E-state index in [9.17, 15) is 13.2 Å². The van der Waals surface area contributed by atoms with E-state index in [2.05, 4.69) is 4.40 Å². The molecule has 0 saturated carbocycles. The van der Waals surface area contributed by atoms with Crippen LogP contribution in [0, 0.1) is 6.92 Å². The Labute approximate surface area is 225 Å². The number of amides is 1. The Morgan fingerprint density at radius 3 is 2.46 bits per heavy atom. The molecule has 0 radical (unpaired) electrons. The van der Waals surface area contributed by atoms with Crippen molar-refractivity contribution in [1.29, 1.82) is 0 Å². The number of carbonyl (C=O) groups is 1. The summed E-state index contributed by atoms with van der Waals surface area (Å²) in [5.74, 6) is 0.694. The topological polar surface area (TPSA) is 85.3 Å². The third kappa shape index (κ3) is 6.18. The van der Waals surface area contributed by atoms with E-state index in [1.54, 1.807) is 49.4 Å². The van der Waals surface area contributed by atoms with Crippen LogP contribution in [0.3, 0.4) is 0 Å². The van der Waals surface area contributed by atoms with Crippen molar-refractivity contribution in [3.05, 3.63) is 93.3 Å². The first-order chi connectivity index (χ1) is 17.7. The van der Waals surface area contributed by atoms with Gasteiger partial charge in [-0.15, -0.1) is 4.40 Å². The molecule has 0 aromatic heterocycles. The molecule has 1 amide bonds. The number of amidine groups is 1. The van der Waals surface area contributed by atoms with Gasteiger partial charge in [-0.2, -0.15) is 8.42 Å². The molecule has 1 aliphatic heterocycles. The molecule has 4 rings (SSSR count). The predicted octanol–water partition coefficient (Wildman–Crippen LogP) is 5.92. The highest BCUT2D eigenvalue weighted by atomic mass is 35.5. The van der Waals surface area contributed by atoms with E-state index >= 15 is 0 Å². The minimum atomic E-state index is -3.97. The normalized spacial score (nSPS) is 16.0. The second-order valence-electron chi connectivity index (χ2n) is 8.11. The summed E-state index contributed by atoms with van der Waals surface area (Å²) in [6, 6.07) is 19.1. The standard InChI is InChI=1S/C27H25ClN2O5S2/c1-4-30-26(31)25(36-27(30)29-37(32,33)21-12-9-18(2)10-13-21)16-19-11-14-23(24(15-19)34-3)35-17-20-7-5-6-8-22(20)28/h5-16H,4,17H2,1-3H3/b25-16-,29-27+. The van der Waals surface area contributed by atoms with Crippen LogP contribution in [-0.4, -0.2) is 38.0 Å². The number of halogens is 1. The number of hydrogen-bond acceptors (Lipinski definition) is 6. The Bertz CT molecular complexity index is 1480. The largest absolute Gasteiger partial charge is 0.493 e. The zero-order valence-corrected chi connectivity index (χ0v) is 22.9. The number of thioether (sulfide) groups is 1. The van der Waals surface area contributed by atoms with Gasteiger partial charge in [0.25, 0.3) is 15.9 Å². The molecule has 192 valence electrons. The molecule has 7 nitrogen and oxygen atoms in total. The quantitative estimate of drug-likeness (QED) is 0.320. The fourth-order valence-electron chi connectivity index (χ4n) is 3.54. The van der Waals surface area contributed by atoms with Crippen LogP contribution < -0.4 is 9.47 Å². The van der Waals surface area contributed by atoms with Crippen LogP contribution in [0.2, 0.25) is 5.02 Å². The van der Waals surface area contributed by atoms with Gasteiger partial charge in [0.05, 0.1) is 16.9 Å². The lowest BCUT2D eigenvalue weighted by molar-refractivity contribution is -0.122. The lowest BCUT2D eigenvalue weighted by Gasteiger charge is -2.12. The van der Waals surface area contributed by atoms with E-state index < -0.39 is 10.0 Å². The molecule has 0 aliphatic carbocycles. The number of methoxy groups -OCH3 is 1. The lowest BCUT2D eigenvalue weighted by atomic mass is 10.1. The molecule has 0 bridgehead atoms. The SMILES string of the molecule is CCN1C(=O)/C(=C/c2ccc(OCc3ccccc3Cl)c(OC)c2)S/C1=N/S(=O)(=O)c1ccc(C)cc1. The van der Waals surface area contributed by atoms with Crippen molar-refractivity contribution in [2.45, 2.75) is 25.3 Å². The first-order valence-electron chi connectivity index (χ1n) is 11.4. The van der Waals surface area contributed by atoms with Crippen molar-refractivity contribution in [2.75, 3.05) is 13.7 Å². The first kappa shape index (κ1) is 26.8. The second kappa shape index (κ2) is 11.4. The summed E-state index contributed by atoms with van der Waals surface area (Å²) in [4.78, 5) is 14.8. The molecular weight excluding hydrogens is 532 g/mol. The molecule has 3 aromatic rings. The molecule has 37 heavy (non-hydrogen) atoms. The summed E-state index contributed by atoms with van der Waals surface area (Å²) in [5.41, 5.74) is 2.47. The number of sulfonamides is 1. The van der Waals surface area contributed by atoms with Crippen molar-refractivity contribution in [3.63, 3.8) is 0 Å². The van der Waals surface area contributed by atoms with E-state index in [0.717, 1.165) is 22.9 Å². The van der Waals surface area contributed by atoms with Crippen LogP contribution >= 0.6 is 23.4 Å². The van der Waals surface area contributed by atoms with E-state index in [1.807, 2.05) is 25.1 Å². The maximum Gasteiger partial charge on any atom is 0.284 e.